The summed E-state index contributed by atoms with van der Waals surface area (Å²) in [6.07, 6.45) is 1.02. The lowest BCUT2D eigenvalue weighted by Gasteiger charge is -2.27. The van der Waals surface area contributed by atoms with E-state index in [1.165, 1.54) is 11.3 Å². The fourth-order valence-electron chi connectivity index (χ4n) is 3.97. The van der Waals surface area contributed by atoms with E-state index in [2.05, 4.69) is 5.32 Å². The van der Waals surface area contributed by atoms with Gasteiger partial charge in [-0.25, -0.2) is 4.98 Å². The van der Waals surface area contributed by atoms with Gasteiger partial charge in [0, 0.05) is 25.7 Å². The number of benzene rings is 1. The van der Waals surface area contributed by atoms with Crippen LogP contribution in [0.2, 0.25) is 0 Å². The van der Waals surface area contributed by atoms with Crippen molar-refractivity contribution in [1.29, 1.82) is 0 Å². The summed E-state index contributed by atoms with van der Waals surface area (Å²) in [6, 6.07) is 8.39. The van der Waals surface area contributed by atoms with E-state index < -0.39 is 0 Å². The van der Waals surface area contributed by atoms with Crippen molar-refractivity contribution < 1.29 is 19.0 Å². The molecule has 1 N–H and O–H groups in total. The summed E-state index contributed by atoms with van der Waals surface area (Å²) in [5.41, 5.74) is 1.82. The van der Waals surface area contributed by atoms with Crippen molar-refractivity contribution in [2.75, 3.05) is 33.5 Å². The second-order valence-corrected chi connectivity index (χ2v) is 8.45. The van der Waals surface area contributed by atoms with Crippen molar-refractivity contribution in [3.8, 4) is 16.3 Å². The first-order valence-corrected chi connectivity index (χ1v) is 10.4. The van der Waals surface area contributed by atoms with E-state index in [1.807, 2.05) is 29.2 Å². The number of para-hydroxylation sites is 1. The summed E-state index contributed by atoms with van der Waals surface area (Å²) < 4.78 is 16.5. The Hall–Kier alpha value is -2.00. The average Bonchev–Trinajstić information content (AvgIpc) is 3.35. The van der Waals surface area contributed by atoms with Crippen LogP contribution in [-0.2, 0) is 16.0 Å². The van der Waals surface area contributed by atoms with Crippen LogP contribution in [0.15, 0.2) is 24.3 Å². The van der Waals surface area contributed by atoms with E-state index in [0.717, 1.165) is 39.9 Å². The molecule has 0 bridgehead atoms. The quantitative estimate of drug-likeness (QED) is 0.797. The Morgan fingerprint density at radius 1 is 1.36 bits per heavy atom. The monoisotopic (exact) mass is 401 g/mol. The number of hydrogen-bond donors (Lipinski definition) is 1. The molecule has 1 amide bonds. The molecule has 3 aliphatic heterocycles. The number of nitrogens with zero attached hydrogens (tertiary/aromatic N) is 2. The Morgan fingerprint density at radius 2 is 2.21 bits per heavy atom. The van der Waals surface area contributed by atoms with E-state index in [1.54, 1.807) is 7.11 Å². The molecule has 2 saturated heterocycles. The molecule has 5 rings (SSSR count). The third kappa shape index (κ3) is 3.20. The molecule has 1 aromatic heterocycles. The summed E-state index contributed by atoms with van der Waals surface area (Å²) in [5, 5.41) is 4.28. The lowest BCUT2D eigenvalue weighted by atomic mass is 10.1. The molecule has 7 nitrogen and oxygen atoms in total. The van der Waals surface area contributed by atoms with Gasteiger partial charge in [0.1, 0.15) is 21.7 Å². The number of nitrogens with one attached hydrogen (secondary N) is 1. The first kappa shape index (κ1) is 18.1. The van der Waals surface area contributed by atoms with Crippen molar-refractivity contribution in [2.24, 2.45) is 0 Å². The summed E-state index contributed by atoms with van der Waals surface area (Å²) >= 11 is 1.46. The topological polar surface area (TPSA) is 72.9 Å². The standard InChI is InChI=1S/C20H23N3O4S/c1-25-9-12-6-13(7-21-12)23-8-16-18(20(23)24)28-19(22-16)15-4-2-3-5-17(15)27-14-10-26-11-14/h2-5,12-14,21H,6-11H2,1H3/t12-,13+/m0/s1. The highest BCUT2D eigenvalue weighted by atomic mass is 32.1. The number of aromatic nitrogens is 1. The first-order valence-electron chi connectivity index (χ1n) is 9.59. The fraction of sp³-hybridized carbons (Fsp3) is 0.500. The maximum Gasteiger partial charge on any atom is 0.266 e. The Morgan fingerprint density at radius 3 is 2.96 bits per heavy atom. The molecule has 4 heterocycles. The van der Waals surface area contributed by atoms with Crippen LogP contribution in [0.3, 0.4) is 0 Å². The summed E-state index contributed by atoms with van der Waals surface area (Å²) in [7, 11) is 1.71. The minimum Gasteiger partial charge on any atom is -0.485 e. The van der Waals surface area contributed by atoms with E-state index in [-0.39, 0.29) is 18.1 Å². The number of amides is 1. The Bertz CT molecular complexity index is 882. The van der Waals surface area contributed by atoms with Gasteiger partial charge in [-0.05, 0) is 18.6 Å². The summed E-state index contributed by atoms with van der Waals surface area (Å²) in [5.74, 6) is 0.893. The molecule has 0 spiro atoms. The Balaban J connectivity index is 1.34. The van der Waals surface area contributed by atoms with Gasteiger partial charge in [-0.15, -0.1) is 11.3 Å². The predicted octanol–water partition coefficient (Wildman–Crippen LogP) is 1.92. The van der Waals surface area contributed by atoms with Crippen LogP contribution in [-0.4, -0.2) is 67.5 Å². The van der Waals surface area contributed by atoms with Crippen LogP contribution in [0.5, 0.6) is 5.75 Å². The van der Waals surface area contributed by atoms with Crippen LogP contribution in [0, 0.1) is 0 Å². The largest absolute Gasteiger partial charge is 0.485 e. The van der Waals surface area contributed by atoms with E-state index in [0.29, 0.717) is 32.4 Å². The van der Waals surface area contributed by atoms with Gasteiger partial charge < -0.3 is 24.4 Å². The van der Waals surface area contributed by atoms with Crippen molar-refractivity contribution >= 4 is 17.2 Å². The highest BCUT2D eigenvalue weighted by Crippen LogP contribution is 2.39. The maximum atomic E-state index is 13.0. The van der Waals surface area contributed by atoms with Gasteiger partial charge in [0.05, 0.1) is 37.6 Å². The van der Waals surface area contributed by atoms with E-state index >= 15 is 0 Å². The molecule has 1 aromatic carbocycles. The molecule has 148 valence electrons. The van der Waals surface area contributed by atoms with Gasteiger partial charge in [-0.2, -0.15) is 0 Å². The minimum absolute atomic E-state index is 0.0920. The van der Waals surface area contributed by atoms with Crippen molar-refractivity contribution in [3.63, 3.8) is 0 Å². The molecule has 2 fully saturated rings. The maximum absolute atomic E-state index is 13.0. The zero-order chi connectivity index (χ0) is 19.1. The van der Waals surface area contributed by atoms with Gasteiger partial charge >= 0.3 is 0 Å². The Kier molecular flexibility index (Phi) is 4.80. The minimum atomic E-state index is 0.0920. The molecule has 3 aliphatic rings. The van der Waals surface area contributed by atoms with Crippen LogP contribution in [0.1, 0.15) is 21.8 Å². The molecular weight excluding hydrogens is 378 g/mol. The smallest absolute Gasteiger partial charge is 0.266 e. The van der Waals surface area contributed by atoms with Crippen LogP contribution in [0.4, 0.5) is 0 Å². The molecule has 8 heteroatoms. The number of methoxy groups -OCH3 is 1. The highest BCUT2D eigenvalue weighted by molar-refractivity contribution is 7.17. The average molecular weight is 401 g/mol. The second-order valence-electron chi connectivity index (χ2n) is 7.45. The normalized spacial score (nSPS) is 24.5. The van der Waals surface area contributed by atoms with Crippen molar-refractivity contribution in [2.45, 2.75) is 31.2 Å². The third-order valence-electron chi connectivity index (χ3n) is 5.50. The molecule has 0 radical (unpaired) electrons. The summed E-state index contributed by atoms with van der Waals surface area (Å²) in [4.78, 5) is 20.5. The van der Waals surface area contributed by atoms with Gasteiger partial charge in [-0.1, -0.05) is 12.1 Å². The van der Waals surface area contributed by atoms with E-state index in [9.17, 15) is 4.79 Å². The summed E-state index contributed by atoms with van der Waals surface area (Å²) in [6.45, 7) is 3.30. The molecule has 0 aliphatic carbocycles. The van der Waals surface area contributed by atoms with Crippen molar-refractivity contribution in [3.05, 3.63) is 34.8 Å². The van der Waals surface area contributed by atoms with Gasteiger partial charge in [0.25, 0.3) is 5.91 Å². The van der Waals surface area contributed by atoms with E-state index in [4.69, 9.17) is 19.2 Å². The number of fused-ring (bicyclic) bond motifs is 1. The number of ether oxygens (including phenoxy) is 3. The number of thiazole rings is 1. The lowest BCUT2D eigenvalue weighted by Crippen LogP contribution is -2.38. The van der Waals surface area contributed by atoms with Crippen LogP contribution >= 0.6 is 11.3 Å². The first-order chi connectivity index (χ1) is 13.7. The lowest BCUT2D eigenvalue weighted by molar-refractivity contribution is -0.0794. The predicted molar refractivity (Wildman–Crippen MR) is 105 cm³/mol. The van der Waals surface area contributed by atoms with Crippen molar-refractivity contribution in [1.82, 2.24) is 15.2 Å². The zero-order valence-electron chi connectivity index (χ0n) is 15.7. The zero-order valence-corrected chi connectivity index (χ0v) is 16.5. The highest BCUT2D eigenvalue weighted by Gasteiger charge is 2.39. The van der Waals surface area contributed by atoms with Gasteiger partial charge in [-0.3, -0.25) is 4.79 Å². The molecule has 28 heavy (non-hydrogen) atoms. The van der Waals surface area contributed by atoms with Crippen LogP contribution in [0.25, 0.3) is 10.6 Å². The van der Waals surface area contributed by atoms with Gasteiger partial charge in [0.15, 0.2) is 0 Å². The van der Waals surface area contributed by atoms with Gasteiger partial charge in [0.2, 0.25) is 0 Å². The third-order valence-corrected chi connectivity index (χ3v) is 6.62. The second kappa shape index (κ2) is 7.44. The SMILES string of the molecule is COC[C@@H]1C[C@@H](N2Cc3nc(-c4ccccc4OC4COC4)sc3C2=O)CN1. The fourth-order valence-corrected chi connectivity index (χ4v) is 5.03. The molecule has 2 atom stereocenters. The molecule has 0 saturated carbocycles. The van der Waals surface area contributed by atoms with Crippen LogP contribution < -0.4 is 10.1 Å². The number of hydrogen-bond acceptors (Lipinski definition) is 7. The molecular formula is C20H23N3O4S. The number of rotatable bonds is 6. The molecule has 0 unspecified atom stereocenters. The molecule has 2 aromatic rings. The Labute approximate surface area is 167 Å². The number of carbonyl (C=O) groups excluding carboxylic acids is 1. The number of carbonyl (C=O) groups is 1.